The van der Waals surface area contributed by atoms with Crippen molar-refractivity contribution in [1.29, 1.82) is 0 Å². The highest BCUT2D eigenvalue weighted by Gasteiger charge is 1.99. The molecule has 1 aromatic heterocycles. The standard InChI is InChI=1S/C9H14N2O/c1-7(2)8(3)11-6-5-9(10-11)12-4/h5-6H,1-4H3. The predicted octanol–water partition coefficient (Wildman–Crippen LogP) is 2.16. The molecule has 66 valence electrons. The zero-order valence-corrected chi connectivity index (χ0v) is 7.96. The molecule has 0 bridgehead atoms. The molecule has 1 heterocycles. The quantitative estimate of drug-likeness (QED) is 0.673. The highest BCUT2D eigenvalue weighted by molar-refractivity contribution is 5.45. The van der Waals surface area contributed by atoms with E-state index < -0.39 is 0 Å². The first kappa shape index (κ1) is 8.84. The molecule has 3 nitrogen and oxygen atoms in total. The van der Waals surface area contributed by atoms with E-state index in [4.69, 9.17) is 4.74 Å². The smallest absolute Gasteiger partial charge is 0.232 e. The number of hydrogen-bond acceptors (Lipinski definition) is 2. The molecule has 0 N–H and O–H groups in total. The van der Waals surface area contributed by atoms with Crippen LogP contribution in [0.15, 0.2) is 17.8 Å². The Morgan fingerprint density at radius 2 is 2.08 bits per heavy atom. The first-order chi connectivity index (χ1) is 5.65. The van der Waals surface area contributed by atoms with Gasteiger partial charge in [0.05, 0.1) is 7.11 Å². The van der Waals surface area contributed by atoms with Crippen molar-refractivity contribution < 1.29 is 4.74 Å². The second kappa shape index (κ2) is 3.43. The van der Waals surface area contributed by atoms with Crippen LogP contribution in [0.3, 0.4) is 0 Å². The molecule has 1 aromatic rings. The van der Waals surface area contributed by atoms with Gasteiger partial charge in [-0.15, -0.1) is 5.10 Å². The number of methoxy groups -OCH3 is 1. The van der Waals surface area contributed by atoms with Crippen LogP contribution in [0.25, 0.3) is 5.70 Å². The molecule has 0 radical (unpaired) electrons. The van der Waals surface area contributed by atoms with Gasteiger partial charge < -0.3 is 4.74 Å². The van der Waals surface area contributed by atoms with Crippen LogP contribution in [0.5, 0.6) is 5.88 Å². The number of aromatic nitrogens is 2. The van der Waals surface area contributed by atoms with Crippen molar-refractivity contribution in [3.8, 4) is 5.88 Å². The predicted molar refractivity (Wildman–Crippen MR) is 49.0 cm³/mol. The molecule has 0 amide bonds. The summed E-state index contributed by atoms with van der Waals surface area (Å²) < 4.78 is 6.78. The van der Waals surface area contributed by atoms with E-state index in [1.807, 2.05) is 23.9 Å². The Bertz CT molecular complexity index is 295. The third kappa shape index (κ3) is 1.67. The van der Waals surface area contributed by atoms with Crippen LogP contribution in [-0.2, 0) is 0 Å². The highest BCUT2D eigenvalue weighted by Crippen LogP contribution is 2.12. The average Bonchev–Trinajstić information content (AvgIpc) is 2.50. The number of hydrogen-bond donors (Lipinski definition) is 0. The minimum absolute atomic E-state index is 0.649. The second-order valence-corrected chi connectivity index (χ2v) is 2.89. The maximum Gasteiger partial charge on any atom is 0.232 e. The van der Waals surface area contributed by atoms with Crippen molar-refractivity contribution in [2.75, 3.05) is 7.11 Å². The van der Waals surface area contributed by atoms with Gasteiger partial charge in [0.15, 0.2) is 0 Å². The van der Waals surface area contributed by atoms with Gasteiger partial charge >= 0.3 is 0 Å². The fourth-order valence-corrected chi connectivity index (χ4v) is 0.832. The number of ether oxygens (including phenoxy) is 1. The Balaban J connectivity index is 2.97. The van der Waals surface area contributed by atoms with E-state index >= 15 is 0 Å². The molecule has 0 unspecified atom stereocenters. The summed E-state index contributed by atoms with van der Waals surface area (Å²) in [5.74, 6) is 0.649. The molecular formula is C9H14N2O. The molecule has 0 aliphatic rings. The lowest BCUT2D eigenvalue weighted by atomic mass is 10.3. The van der Waals surface area contributed by atoms with Gasteiger partial charge in [-0.3, -0.25) is 0 Å². The topological polar surface area (TPSA) is 27.1 Å². The van der Waals surface area contributed by atoms with Crippen molar-refractivity contribution in [1.82, 2.24) is 9.78 Å². The Labute approximate surface area is 72.7 Å². The van der Waals surface area contributed by atoms with E-state index in [0.29, 0.717) is 5.88 Å². The number of rotatable bonds is 2. The summed E-state index contributed by atoms with van der Waals surface area (Å²) >= 11 is 0. The summed E-state index contributed by atoms with van der Waals surface area (Å²) in [7, 11) is 1.62. The van der Waals surface area contributed by atoms with Gasteiger partial charge in [0.2, 0.25) is 5.88 Å². The van der Waals surface area contributed by atoms with E-state index in [9.17, 15) is 0 Å². The molecule has 0 saturated carbocycles. The lowest BCUT2D eigenvalue weighted by Gasteiger charge is -2.02. The van der Waals surface area contributed by atoms with Crippen LogP contribution in [-0.4, -0.2) is 16.9 Å². The van der Waals surface area contributed by atoms with Gasteiger partial charge in [-0.25, -0.2) is 4.68 Å². The monoisotopic (exact) mass is 166 g/mol. The van der Waals surface area contributed by atoms with Crippen molar-refractivity contribution in [3.05, 3.63) is 17.8 Å². The van der Waals surface area contributed by atoms with Gasteiger partial charge in [-0.05, 0) is 20.8 Å². The van der Waals surface area contributed by atoms with Gasteiger partial charge in [-0.2, -0.15) is 0 Å². The molecule has 0 fully saturated rings. The molecule has 0 aliphatic carbocycles. The Morgan fingerprint density at radius 3 is 2.50 bits per heavy atom. The normalized spacial score (nSPS) is 9.67. The van der Waals surface area contributed by atoms with Crippen molar-refractivity contribution >= 4 is 5.70 Å². The second-order valence-electron chi connectivity index (χ2n) is 2.89. The summed E-state index contributed by atoms with van der Waals surface area (Å²) in [6, 6.07) is 1.84. The van der Waals surface area contributed by atoms with E-state index in [1.165, 1.54) is 5.57 Å². The third-order valence-electron chi connectivity index (χ3n) is 1.84. The molecule has 12 heavy (non-hydrogen) atoms. The van der Waals surface area contributed by atoms with Crippen LogP contribution in [0.2, 0.25) is 0 Å². The lowest BCUT2D eigenvalue weighted by molar-refractivity contribution is 0.394. The van der Waals surface area contributed by atoms with Crippen LogP contribution in [0.1, 0.15) is 20.8 Å². The first-order valence-electron chi connectivity index (χ1n) is 3.89. The molecule has 1 rings (SSSR count). The van der Waals surface area contributed by atoms with Gasteiger partial charge in [-0.1, -0.05) is 5.57 Å². The van der Waals surface area contributed by atoms with Gasteiger partial charge in [0, 0.05) is 18.0 Å². The van der Waals surface area contributed by atoms with Crippen LogP contribution >= 0.6 is 0 Å². The van der Waals surface area contributed by atoms with Crippen molar-refractivity contribution in [2.45, 2.75) is 20.8 Å². The Hall–Kier alpha value is -1.25. The highest BCUT2D eigenvalue weighted by atomic mass is 16.5. The number of allylic oxidation sites excluding steroid dienone is 2. The first-order valence-corrected chi connectivity index (χ1v) is 3.89. The van der Waals surface area contributed by atoms with Crippen molar-refractivity contribution in [2.24, 2.45) is 0 Å². The zero-order valence-electron chi connectivity index (χ0n) is 7.96. The SMILES string of the molecule is COc1ccn(C(C)=C(C)C)n1. The van der Waals surface area contributed by atoms with Crippen LogP contribution < -0.4 is 4.74 Å². The molecular weight excluding hydrogens is 152 g/mol. The lowest BCUT2D eigenvalue weighted by Crippen LogP contribution is -1.96. The van der Waals surface area contributed by atoms with Gasteiger partial charge in [0.1, 0.15) is 0 Å². The Morgan fingerprint density at radius 1 is 1.42 bits per heavy atom. The molecule has 0 spiro atoms. The van der Waals surface area contributed by atoms with E-state index in [2.05, 4.69) is 18.9 Å². The van der Waals surface area contributed by atoms with Gasteiger partial charge in [0.25, 0.3) is 0 Å². The molecule has 3 heteroatoms. The maximum atomic E-state index is 4.97. The van der Waals surface area contributed by atoms with E-state index in [0.717, 1.165) is 5.70 Å². The maximum absolute atomic E-state index is 4.97. The summed E-state index contributed by atoms with van der Waals surface area (Å²) in [5.41, 5.74) is 2.39. The molecule has 0 saturated heterocycles. The molecule has 0 atom stereocenters. The zero-order chi connectivity index (χ0) is 9.14. The summed E-state index contributed by atoms with van der Waals surface area (Å²) in [6.07, 6.45) is 1.89. The van der Waals surface area contributed by atoms with Crippen LogP contribution in [0, 0.1) is 0 Å². The third-order valence-corrected chi connectivity index (χ3v) is 1.84. The summed E-state index contributed by atoms with van der Waals surface area (Å²) in [4.78, 5) is 0. The molecule has 0 aliphatic heterocycles. The fourth-order valence-electron chi connectivity index (χ4n) is 0.832. The minimum atomic E-state index is 0.649. The van der Waals surface area contributed by atoms with E-state index in [-0.39, 0.29) is 0 Å². The number of nitrogens with zero attached hydrogens (tertiary/aromatic N) is 2. The fraction of sp³-hybridized carbons (Fsp3) is 0.444. The summed E-state index contributed by atoms with van der Waals surface area (Å²) in [5, 5.41) is 4.19. The summed E-state index contributed by atoms with van der Waals surface area (Å²) in [6.45, 7) is 6.15. The minimum Gasteiger partial charge on any atom is -0.480 e. The van der Waals surface area contributed by atoms with Crippen molar-refractivity contribution in [3.63, 3.8) is 0 Å². The van der Waals surface area contributed by atoms with E-state index in [1.54, 1.807) is 7.11 Å². The largest absolute Gasteiger partial charge is 0.480 e. The Kier molecular flexibility index (Phi) is 2.53. The molecule has 0 aromatic carbocycles. The van der Waals surface area contributed by atoms with Crippen LogP contribution in [0.4, 0.5) is 0 Å². The average molecular weight is 166 g/mol.